The highest BCUT2D eigenvalue weighted by molar-refractivity contribution is 7.18. The molecule has 3 aromatic rings. The summed E-state index contributed by atoms with van der Waals surface area (Å²) in [7, 11) is 1.63. The van der Waals surface area contributed by atoms with E-state index in [0.29, 0.717) is 23.0 Å². The van der Waals surface area contributed by atoms with Gasteiger partial charge in [-0.25, -0.2) is 4.39 Å². The Balaban J connectivity index is 1.65. The predicted octanol–water partition coefficient (Wildman–Crippen LogP) is 5.18. The number of benzene rings is 2. The van der Waals surface area contributed by atoms with Gasteiger partial charge in [0.1, 0.15) is 5.82 Å². The summed E-state index contributed by atoms with van der Waals surface area (Å²) in [4.78, 5) is 25.5. The lowest BCUT2D eigenvalue weighted by Gasteiger charge is -2.07. The van der Waals surface area contributed by atoms with Crippen molar-refractivity contribution in [3.8, 4) is 0 Å². The number of thiophene rings is 1. The van der Waals surface area contributed by atoms with Crippen LogP contribution in [0.15, 0.2) is 48.5 Å². The molecule has 0 unspecified atom stereocenters. The van der Waals surface area contributed by atoms with Gasteiger partial charge in [0, 0.05) is 13.7 Å². The van der Waals surface area contributed by atoms with Crippen LogP contribution in [-0.2, 0) is 17.9 Å². The van der Waals surface area contributed by atoms with Crippen LogP contribution in [0.3, 0.4) is 0 Å². The van der Waals surface area contributed by atoms with Gasteiger partial charge < -0.3 is 15.4 Å². The van der Waals surface area contributed by atoms with Gasteiger partial charge in [-0.05, 0) is 47.9 Å². The lowest BCUT2D eigenvalue weighted by atomic mass is 10.1. The maximum Gasteiger partial charge on any atom is 0.261 e. The molecule has 0 aliphatic carbocycles. The van der Waals surface area contributed by atoms with Crippen LogP contribution in [0.25, 0.3) is 0 Å². The van der Waals surface area contributed by atoms with Gasteiger partial charge >= 0.3 is 0 Å². The molecule has 0 radical (unpaired) electrons. The third-order valence-corrected chi connectivity index (χ3v) is 5.76. The van der Waals surface area contributed by atoms with Crippen LogP contribution < -0.4 is 10.6 Å². The number of anilines is 1. The van der Waals surface area contributed by atoms with Crippen LogP contribution in [0.4, 0.5) is 9.39 Å². The largest absolute Gasteiger partial charge is 0.380 e. The molecule has 30 heavy (non-hydrogen) atoms. The van der Waals surface area contributed by atoms with E-state index in [9.17, 15) is 14.0 Å². The summed E-state index contributed by atoms with van der Waals surface area (Å²) in [5.74, 6) is -1.21. The van der Waals surface area contributed by atoms with E-state index < -0.39 is 11.7 Å². The number of carbonyl (C=O) groups is 2. The van der Waals surface area contributed by atoms with Crippen LogP contribution in [0.2, 0.25) is 5.02 Å². The summed E-state index contributed by atoms with van der Waals surface area (Å²) in [5, 5.41) is 6.13. The highest BCUT2D eigenvalue weighted by atomic mass is 35.5. The van der Waals surface area contributed by atoms with Gasteiger partial charge in [-0.3, -0.25) is 9.59 Å². The summed E-state index contributed by atoms with van der Waals surface area (Å²) in [6.07, 6.45) is 0. The summed E-state index contributed by atoms with van der Waals surface area (Å²) >= 11 is 7.10. The molecule has 0 saturated heterocycles. The molecule has 2 amide bonds. The summed E-state index contributed by atoms with van der Waals surface area (Å²) in [5.41, 5.74) is 2.89. The van der Waals surface area contributed by atoms with Crippen molar-refractivity contribution in [3.63, 3.8) is 0 Å². The van der Waals surface area contributed by atoms with E-state index in [2.05, 4.69) is 10.6 Å². The fraction of sp³-hybridized carbons (Fsp3) is 0.182. The molecule has 1 aromatic heterocycles. The number of carbonyl (C=O) groups excluding carboxylic acids is 2. The quantitative estimate of drug-likeness (QED) is 0.525. The molecule has 0 spiro atoms. The first kappa shape index (κ1) is 22.0. The molecule has 5 nitrogen and oxygen atoms in total. The molecule has 156 valence electrons. The number of aryl methyl sites for hydroxylation is 1. The minimum atomic E-state index is -0.518. The first-order chi connectivity index (χ1) is 14.4. The topological polar surface area (TPSA) is 67.4 Å². The van der Waals surface area contributed by atoms with Gasteiger partial charge in [0.15, 0.2) is 0 Å². The number of halogens is 2. The van der Waals surface area contributed by atoms with Crippen molar-refractivity contribution in [1.82, 2.24) is 5.32 Å². The van der Waals surface area contributed by atoms with Crippen molar-refractivity contribution in [3.05, 3.63) is 86.5 Å². The number of ether oxygens (including phenoxy) is 1. The fourth-order valence-corrected chi connectivity index (χ4v) is 4.12. The second-order valence-electron chi connectivity index (χ2n) is 6.64. The van der Waals surface area contributed by atoms with E-state index in [0.717, 1.165) is 34.1 Å². The average Bonchev–Trinajstić information content (AvgIpc) is 3.06. The van der Waals surface area contributed by atoms with E-state index >= 15 is 0 Å². The van der Waals surface area contributed by atoms with Crippen LogP contribution in [0, 0.1) is 12.7 Å². The first-order valence-corrected chi connectivity index (χ1v) is 10.3. The molecule has 0 aliphatic heterocycles. The van der Waals surface area contributed by atoms with Crippen molar-refractivity contribution >= 4 is 39.8 Å². The minimum absolute atomic E-state index is 0.0226. The fourth-order valence-electron chi connectivity index (χ4n) is 2.88. The van der Waals surface area contributed by atoms with Gasteiger partial charge in [0.05, 0.1) is 27.1 Å². The minimum Gasteiger partial charge on any atom is -0.380 e. The van der Waals surface area contributed by atoms with Crippen molar-refractivity contribution < 1.29 is 18.7 Å². The Morgan fingerprint density at radius 2 is 1.87 bits per heavy atom. The van der Waals surface area contributed by atoms with Crippen LogP contribution >= 0.6 is 22.9 Å². The van der Waals surface area contributed by atoms with Gasteiger partial charge in [-0.15, -0.1) is 11.3 Å². The normalized spacial score (nSPS) is 10.7. The highest BCUT2D eigenvalue weighted by Crippen LogP contribution is 2.28. The molecule has 3 rings (SSSR count). The standard InChI is InChI=1S/C22H20ClFN2O3S/c1-13-8-19(26-21(27)17-7-6-16(24)10-18(17)23)30-20(13)22(28)25-11-14-4-3-5-15(9-14)12-29-2/h3-10H,11-12H2,1-2H3,(H,25,28)(H,26,27). The van der Waals surface area contributed by atoms with E-state index in [1.54, 1.807) is 20.1 Å². The maximum atomic E-state index is 13.2. The van der Waals surface area contributed by atoms with Gasteiger partial charge in [0.2, 0.25) is 0 Å². The van der Waals surface area contributed by atoms with Crippen molar-refractivity contribution in [2.45, 2.75) is 20.1 Å². The maximum absolute atomic E-state index is 13.2. The molecule has 0 saturated carbocycles. The van der Waals surface area contributed by atoms with Gasteiger partial charge in [-0.1, -0.05) is 35.9 Å². The molecule has 0 bridgehead atoms. The SMILES string of the molecule is COCc1cccc(CNC(=O)c2sc(NC(=O)c3ccc(F)cc3Cl)cc2C)c1. The molecule has 0 atom stereocenters. The Kier molecular flexibility index (Phi) is 7.20. The molecule has 2 aromatic carbocycles. The van der Waals surface area contributed by atoms with Crippen molar-refractivity contribution in [2.24, 2.45) is 0 Å². The van der Waals surface area contributed by atoms with E-state index in [-0.39, 0.29) is 16.5 Å². The first-order valence-electron chi connectivity index (χ1n) is 9.09. The Bertz CT molecular complexity index is 1080. The average molecular weight is 447 g/mol. The third kappa shape index (κ3) is 5.44. The van der Waals surface area contributed by atoms with Gasteiger partial charge in [-0.2, -0.15) is 0 Å². The smallest absolute Gasteiger partial charge is 0.261 e. The van der Waals surface area contributed by atoms with E-state index in [1.807, 2.05) is 24.3 Å². The second kappa shape index (κ2) is 9.84. The van der Waals surface area contributed by atoms with Gasteiger partial charge in [0.25, 0.3) is 11.8 Å². The summed E-state index contributed by atoms with van der Waals surface area (Å²) < 4.78 is 18.3. The predicted molar refractivity (Wildman–Crippen MR) is 117 cm³/mol. The zero-order chi connectivity index (χ0) is 21.7. The molecule has 0 fully saturated rings. The molecular formula is C22H20ClFN2O3S. The number of rotatable bonds is 7. The van der Waals surface area contributed by atoms with E-state index in [1.165, 1.54) is 12.1 Å². The zero-order valence-corrected chi connectivity index (χ0v) is 18.0. The van der Waals surface area contributed by atoms with Crippen LogP contribution in [0.5, 0.6) is 0 Å². The number of nitrogens with one attached hydrogen (secondary N) is 2. The lowest BCUT2D eigenvalue weighted by Crippen LogP contribution is -2.22. The number of hydrogen-bond acceptors (Lipinski definition) is 4. The highest BCUT2D eigenvalue weighted by Gasteiger charge is 2.17. The second-order valence-corrected chi connectivity index (χ2v) is 8.10. The lowest BCUT2D eigenvalue weighted by molar-refractivity contribution is 0.0953. The number of hydrogen-bond donors (Lipinski definition) is 2. The monoisotopic (exact) mass is 446 g/mol. The molecule has 1 heterocycles. The molecule has 0 aliphatic rings. The Morgan fingerprint density at radius 3 is 2.60 bits per heavy atom. The Labute approximate surface area is 182 Å². The van der Waals surface area contributed by atoms with Crippen LogP contribution in [0.1, 0.15) is 36.7 Å². The Hall–Kier alpha value is -2.74. The zero-order valence-electron chi connectivity index (χ0n) is 16.4. The number of methoxy groups -OCH3 is 1. The van der Waals surface area contributed by atoms with Crippen LogP contribution in [-0.4, -0.2) is 18.9 Å². The Morgan fingerprint density at radius 1 is 1.10 bits per heavy atom. The summed E-state index contributed by atoms with van der Waals surface area (Å²) in [6, 6.07) is 13.1. The molecule has 2 N–H and O–H groups in total. The van der Waals surface area contributed by atoms with E-state index in [4.69, 9.17) is 16.3 Å². The van der Waals surface area contributed by atoms with Crippen molar-refractivity contribution in [2.75, 3.05) is 12.4 Å². The molecule has 8 heteroatoms. The third-order valence-electron chi connectivity index (χ3n) is 4.29. The summed E-state index contributed by atoms with van der Waals surface area (Å²) in [6.45, 7) is 2.68. The van der Waals surface area contributed by atoms with Crippen molar-refractivity contribution in [1.29, 1.82) is 0 Å². The number of amides is 2. The molecular weight excluding hydrogens is 427 g/mol.